The minimum Gasteiger partial charge on any atom is -0.480 e. The Morgan fingerprint density at radius 3 is 2.27 bits per heavy atom. The van der Waals surface area contributed by atoms with Crippen molar-refractivity contribution >= 4 is 29.5 Å². The van der Waals surface area contributed by atoms with Crippen molar-refractivity contribution in [3.63, 3.8) is 0 Å². The minimum absolute atomic E-state index is 0.133. The molecule has 1 amide bonds. The number of amides is 1. The fourth-order valence-electron chi connectivity index (χ4n) is 3.62. The number of carboxylic acid groups (broad SMARTS) is 2. The van der Waals surface area contributed by atoms with Crippen LogP contribution in [0.1, 0.15) is 49.2 Å². The first-order chi connectivity index (χ1) is 15.3. The number of carbonyl (C=O) groups is 4. The maximum absolute atomic E-state index is 12.2. The molecule has 33 heavy (non-hydrogen) atoms. The number of nitrogens with two attached hydrogens (primary N) is 3. The molecule has 2 rings (SSSR count). The van der Waals surface area contributed by atoms with Gasteiger partial charge in [-0.3, -0.25) is 24.9 Å². The van der Waals surface area contributed by atoms with Crippen molar-refractivity contribution in [3.05, 3.63) is 41.7 Å². The lowest BCUT2D eigenvalue weighted by atomic mass is 9.78. The Labute approximate surface area is 190 Å². The van der Waals surface area contributed by atoms with Gasteiger partial charge in [0, 0.05) is 24.4 Å². The number of piperidine rings is 1. The molecule has 1 aromatic rings. The van der Waals surface area contributed by atoms with Crippen LogP contribution in [0.25, 0.3) is 0 Å². The fourth-order valence-corrected chi connectivity index (χ4v) is 3.62. The highest BCUT2D eigenvalue weighted by molar-refractivity contribution is 6.09. The predicted octanol–water partition coefficient (Wildman–Crippen LogP) is -0.293. The zero-order valence-corrected chi connectivity index (χ0v) is 18.6. The lowest BCUT2D eigenvalue weighted by Gasteiger charge is -2.50. The number of nitrogens with one attached hydrogen (secondary N) is 1. The number of Topliss-reactive ketones (excluding diaryl/α,β-unsaturated/α-hetero) is 1. The van der Waals surface area contributed by atoms with E-state index in [0.29, 0.717) is 24.2 Å². The van der Waals surface area contributed by atoms with E-state index in [1.54, 1.807) is 18.7 Å². The van der Waals surface area contributed by atoms with E-state index in [9.17, 15) is 24.3 Å². The SMILES string of the molecule is CC(C)(C=CC(=O)O)N1CCCCC1(C(=O)O)C(=O)CN.N=C(N)c1ccc(C(N)=O)cn1. The molecular weight excluding hydrogens is 432 g/mol. The largest absolute Gasteiger partial charge is 0.480 e. The summed E-state index contributed by atoms with van der Waals surface area (Å²) in [4.78, 5) is 50.6. The summed E-state index contributed by atoms with van der Waals surface area (Å²) in [5.41, 5.74) is 13.6. The summed E-state index contributed by atoms with van der Waals surface area (Å²) in [5.74, 6) is -3.57. The number of aliphatic carboxylic acids is 2. The molecule has 1 unspecified atom stereocenters. The van der Waals surface area contributed by atoms with Crippen molar-refractivity contribution in [2.75, 3.05) is 13.1 Å². The van der Waals surface area contributed by atoms with Gasteiger partial charge in [-0.1, -0.05) is 6.08 Å². The van der Waals surface area contributed by atoms with Gasteiger partial charge in [-0.05, 0) is 45.2 Å². The molecule has 0 spiro atoms. The second-order valence-corrected chi connectivity index (χ2v) is 7.94. The van der Waals surface area contributed by atoms with Crippen molar-refractivity contribution in [3.8, 4) is 0 Å². The summed E-state index contributed by atoms with van der Waals surface area (Å²) in [5, 5.41) is 25.4. The van der Waals surface area contributed by atoms with Gasteiger partial charge in [-0.2, -0.15) is 0 Å². The molecule has 0 radical (unpaired) electrons. The van der Waals surface area contributed by atoms with Gasteiger partial charge in [0.15, 0.2) is 11.3 Å². The van der Waals surface area contributed by atoms with Gasteiger partial charge in [0.2, 0.25) is 5.91 Å². The van der Waals surface area contributed by atoms with Crippen molar-refractivity contribution in [1.82, 2.24) is 9.88 Å². The van der Waals surface area contributed by atoms with Crippen LogP contribution in [0, 0.1) is 5.41 Å². The molecule has 1 atom stereocenters. The summed E-state index contributed by atoms with van der Waals surface area (Å²) in [6.07, 6.45) is 5.21. The number of ketones is 1. The average molecular weight is 463 g/mol. The van der Waals surface area contributed by atoms with Crippen LogP contribution in [-0.4, -0.2) is 73.7 Å². The van der Waals surface area contributed by atoms with Gasteiger partial charge in [0.25, 0.3) is 0 Å². The maximum Gasteiger partial charge on any atom is 0.331 e. The Hall–Kier alpha value is -3.64. The average Bonchev–Trinajstić information content (AvgIpc) is 2.77. The van der Waals surface area contributed by atoms with Crippen LogP contribution in [0.3, 0.4) is 0 Å². The highest BCUT2D eigenvalue weighted by Crippen LogP contribution is 2.36. The number of hydrogen-bond donors (Lipinski definition) is 6. The van der Waals surface area contributed by atoms with Gasteiger partial charge in [0.05, 0.1) is 12.1 Å². The summed E-state index contributed by atoms with van der Waals surface area (Å²) < 4.78 is 0. The minimum atomic E-state index is -1.68. The molecule has 1 saturated heterocycles. The summed E-state index contributed by atoms with van der Waals surface area (Å²) >= 11 is 0. The number of amidine groups is 1. The number of pyridine rings is 1. The van der Waals surface area contributed by atoms with Gasteiger partial charge < -0.3 is 27.4 Å². The van der Waals surface area contributed by atoms with Crippen LogP contribution in [-0.2, 0) is 14.4 Å². The number of nitrogen functional groups attached to an aromatic ring is 1. The van der Waals surface area contributed by atoms with Crippen molar-refractivity contribution in [1.29, 1.82) is 5.41 Å². The third-order valence-electron chi connectivity index (χ3n) is 5.28. The van der Waals surface area contributed by atoms with Gasteiger partial charge in [0.1, 0.15) is 11.5 Å². The number of hydrogen-bond acceptors (Lipinski definition) is 8. The van der Waals surface area contributed by atoms with Crippen LogP contribution >= 0.6 is 0 Å². The molecule has 2 heterocycles. The molecule has 12 nitrogen and oxygen atoms in total. The second-order valence-electron chi connectivity index (χ2n) is 7.94. The van der Waals surface area contributed by atoms with Crippen LogP contribution in [0.2, 0.25) is 0 Å². The smallest absolute Gasteiger partial charge is 0.331 e. The van der Waals surface area contributed by atoms with E-state index in [1.807, 2.05) is 0 Å². The van der Waals surface area contributed by atoms with Crippen molar-refractivity contribution in [2.45, 2.75) is 44.2 Å². The normalized spacial score (nSPS) is 18.8. The molecule has 0 saturated carbocycles. The highest BCUT2D eigenvalue weighted by Gasteiger charge is 2.54. The van der Waals surface area contributed by atoms with E-state index < -0.39 is 34.7 Å². The van der Waals surface area contributed by atoms with Crippen LogP contribution < -0.4 is 17.2 Å². The van der Waals surface area contributed by atoms with Gasteiger partial charge in [-0.15, -0.1) is 0 Å². The van der Waals surface area contributed by atoms with E-state index in [4.69, 9.17) is 27.7 Å². The van der Waals surface area contributed by atoms with Crippen molar-refractivity contribution < 1.29 is 29.4 Å². The third-order valence-corrected chi connectivity index (χ3v) is 5.28. The molecule has 9 N–H and O–H groups in total. The lowest BCUT2D eigenvalue weighted by Crippen LogP contribution is -2.68. The first-order valence-electron chi connectivity index (χ1n) is 10.1. The Balaban J connectivity index is 0.000000383. The summed E-state index contributed by atoms with van der Waals surface area (Å²) in [6.45, 7) is 3.43. The number of nitrogens with zero attached hydrogens (tertiary/aromatic N) is 2. The van der Waals surface area contributed by atoms with Crippen LogP contribution in [0.15, 0.2) is 30.5 Å². The molecule has 180 valence electrons. The molecule has 0 aromatic carbocycles. The Morgan fingerprint density at radius 1 is 1.21 bits per heavy atom. The van der Waals surface area contributed by atoms with E-state index in [0.717, 1.165) is 12.5 Å². The molecule has 0 bridgehead atoms. The molecule has 1 fully saturated rings. The van der Waals surface area contributed by atoms with Crippen LogP contribution in [0.5, 0.6) is 0 Å². The molecule has 1 aromatic heterocycles. The third kappa shape index (κ3) is 6.67. The Bertz CT molecular complexity index is 910. The quantitative estimate of drug-likeness (QED) is 0.128. The van der Waals surface area contributed by atoms with Gasteiger partial charge in [-0.25, -0.2) is 9.59 Å². The summed E-state index contributed by atoms with van der Waals surface area (Å²) in [6, 6.07) is 2.95. The lowest BCUT2D eigenvalue weighted by molar-refractivity contribution is -0.164. The zero-order chi connectivity index (χ0) is 25.4. The predicted molar refractivity (Wildman–Crippen MR) is 120 cm³/mol. The monoisotopic (exact) mass is 462 g/mol. The highest BCUT2D eigenvalue weighted by atomic mass is 16.4. The number of carboxylic acids is 2. The summed E-state index contributed by atoms with van der Waals surface area (Å²) in [7, 11) is 0. The zero-order valence-electron chi connectivity index (χ0n) is 18.6. The van der Waals surface area contributed by atoms with E-state index >= 15 is 0 Å². The maximum atomic E-state index is 12.2. The number of likely N-dealkylation sites (tertiary alicyclic amines) is 1. The molecule has 0 aliphatic carbocycles. The van der Waals surface area contributed by atoms with E-state index in [2.05, 4.69) is 4.98 Å². The fraction of sp³-hybridized carbons (Fsp3) is 0.429. The number of carbonyl (C=O) groups excluding carboxylic acids is 2. The van der Waals surface area contributed by atoms with Crippen LogP contribution in [0.4, 0.5) is 0 Å². The number of rotatable bonds is 8. The molecule has 12 heteroatoms. The topological polar surface area (TPSA) is 227 Å². The standard InChI is InChI=1S/C14H22N2O5.C7H8N4O/c1-13(2,7-5-11(18)19)16-8-4-3-6-14(16,12(20)21)10(17)9-15;8-6(9)5-2-1-4(3-11-5)7(10)12/h5,7H,3-4,6,8-9,15H2,1-2H3,(H,18,19)(H,20,21);1-3H,(H3,8,9)(H2,10,12). The first kappa shape index (κ1) is 27.4. The number of primary amides is 1. The van der Waals surface area contributed by atoms with Crippen molar-refractivity contribution in [2.24, 2.45) is 17.2 Å². The van der Waals surface area contributed by atoms with E-state index in [1.165, 1.54) is 24.4 Å². The Kier molecular flexibility index (Phi) is 9.37. The molecule has 1 aliphatic heterocycles. The molecular formula is C21H30N6O6. The Morgan fingerprint density at radius 2 is 1.85 bits per heavy atom. The second kappa shape index (κ2) is 11.3. The molecule has 1 aliphatic rings. The number of aromatic nitrogens is 1. The first-order valence-corrected chi connectivity index (χ1v) is 10.1. The van der Waals surface area contributed by atoms with Gasteiger partial charge >= 0.3 is 11.9 Å². The van der Waals surface area contributed by atoms with E-state index in [-0.39, 0.29) is 18.8 Å².